The van der Waals surface area contributed by atoms with Gasteiger partial charge in [0.15, 0.2) is 0 Å². The zero-order chi connectivity index (χ0) is 14.9. The Bertz CT molecular complexity index is 552. The highest BCUT2D eigenvalue weighted by atomic mass is 79.9. The molecule has 2 aromatic rings. The summed E-state index contributed by atoms with van der Waals surface area (Å²) < 4.78 is 5.87. The molecule has 0 radical (unpaired) electrons. The number of aromatic nitrogens is 3. The summed E-state index contributed by atoms with van der Waals surface area (Å²) >= 11 is 3.32. The Kier molecular flexibility index (Phi) is 6.36. The summed E-state index contributed by atoms with van der Waals surface area (Å²) in [6, 6.07) is 4.00. The van der Waals surface area contributed by atoms with E-state index >= 15 is 0 Å². The molecule has 0 saturated heterocycles. The van der Waals surface area contributed by atoms with Gasteiger partial charge in [-0.1, -0.05) is 6.07 Å². The lowest BCUT2D eigenvalue weighted by atomic mass is 10.3. The number of hydrogen-bond donors (Lipinski definition) is 2. The van der Waals surface area contributed by atoms with Crippen molar-refractivity contribution < 1.29 is 4.74 Å². The van der Waals surface area contributed by atoms with Crippen molar-refractivity contribution in [2.24, 2.45) is 0 Å². The average Bonchev–Trinajstić information content (AvgIpc) is 2.53. The fourth-order valence-electron chi connectivity index (χ4n) is 1.73. The first-order chi connectivity index (χ1) is 10.3. The highest BCUT2D eigenvalue weighted by molar-refractivity contribution is 9.10. The number of nitrogens with zero attached hydrogens (tertiary/aromatic N) is 3. The molecule has 2 heterocycles. The fraction of sp³-hybridized carbons (Fsp3) is 0.357. The predicted octanol–water partition coefficient (Wildman–Crippen LogP) is 2.23. The van der Waals surface area contributed by atoms with Gasteiger partial charge in [0.1, 0.15) is 0 Å². The Morgan fingerprint density at radius 3 is 2.95 bits per heavy atom. The van der Waals surface area contributed by atoms with E-state index in [0.717, 1.165) is 30.5 Å². The van der Waals surface area contributed by atoms with Crippen LogP contribution in [-0.4, -0.2) is 35.2 Å². The molecule has 0 aliphatic rings. The summed E-state index contributed by atoms with van der Waals surface area (Å²) in [6.45, 7) is 2.54. The minimum Gasteiger partial charge on any atom is -0.480 e. The molecule has 2 N–H and O–H groups in total. The van der Waals surface area contributed by atoms with Gasteiger partial charge in [0.25, 0.3) is 0 Å². The highest BCUT2D eigenvalue weighted by Gasteiger charge is 2.04. The number of nitrogens with one attached hydrogen (secondary N) is 2. The Balaban J connectivity index is 1.63. The monoisotopic (exact) mass is 351 g/mol. The second-order valence-corrected chi connectivity index (χ2v) is 5.22. The van der Waals surface area contributed by atoms with E-state index in [9.17, 15) is 0 Å². The van der Waals surface area contributed by atoms with Gasteiger partial charge in [0, 0.05) is 25.5 Å². The van der Waals surface area contributed by atoms with Crippen LogP contribution in [0.2, 0.25) is 0 Å². The summed E-state index contributed by atoms with van der Waals surface area (Å²) in [4.78, 5) is 12.5. The maximum atomic E-state index is 5.12. The summed E-state index contributed by atoms with van der Waals surface area (Å²) in [7, 11) is 1.58. The van der Waals surface area contributed by atoms with Crippen molar-refractivity contribution >= 4 is 21.9 Å². The van der Waals surface area contributed by atoms with Crippen LogP contribution in [0.25, 0.3) is 0 Å². The van der Waals surface area contributed by atoms with E-state index in [-0.39, 0.29) is 0 Å². The van der Waals surface area contributed by atoms with E-state index in [2.05, 4.69) is 47.6 Å². The van der Waals surface area contributed by atoms with Gasteiger partial charge in [-0.25, -0.2) is 4.98 Å². The summed E-state index contributed by atoms with van der Waals surface area (Å²) in [6.07, 6.45) is 6.30. The molecule has 0 fully saturated rings. The van der Waals surface area contributed by atoms with Crippen LogP contribution in [0.5, 0.6) is 5.88 Å². The largest absolute Gasteiger partial charge is 0.480 e. The van der Waals surface area contributed by atoms with E-state index in [1.165, 1.54) is 5.56 Å². The normalized spacial score (nSPS) is 10.4. The van der Waals surface area contributed by atoms with E-state index in [1.807, 2.05) is 12.3 Å². The molecule has 6 nitrogen and oxygen atoms in total. The number of ether oxygens (including phenoxy) is 1. The third-order valence-corrected chi connectivity index (χ3v) is 3.31. The van der Waals surface area contributed by atoms with Gasteiger partial charge in [-0.3, -0.25) is 4.98 Å². The van der Waals surface area contributed by atoms with Crippen molar-refractivity contribution in [3.8, 4) is 5.88 Å². The van der Waals surface area contributed by atoms with E-state index in [4.69, 9.17) is 4.74 Å². The minimum absolute atomic E-state index is 0.530. The fourth-order valence-corrected chi connectivity index (χ4v) is 2.08. The van der Waals surface area contributed by atoms with Crippen molar-refractivity contribution in [3.63, 3.8) is 0 Å². The van der Waals surface area contributed by atoms with E-state index < -0.39 is 0 Å². The van der Waals surface area contributed by atoms with Crippen molar-refractivity contribution in [2.45, 2.75) is 13.0 Å². The number of halogens is 1. The first-order valence-electron chi connectivity index (χ1n) is 6.69. The SMILES string of the molecule is COc1nc(NCCCNCc2cccnc2)ncc1Br. The molecule has 0 spiro atoms. The van der Waals surface area contributed by atoms with Crippen LogP contribution in [0, 0.1) is 0 Å². The van der Waals surface area contributed by atoms with Crippen LogP contribution in [-0.2, 0) is 6.54 Å². The van der Waals surface area contributed by atoms with E-state index in [0.29, 0.717) is 11.8 Å². The van der Waals surface area contributed by atoms with Gasteiger partial charge in [0.05, 0.1) is 17.8 Å². The molecule has 7 heteroatoms. The third kappa shape index (κ3) is 5.28. The number of rotatable bonds is 8. The number of hydrogen-bond acceptors (Lipinski definition) is 6. The molecule has 2 rings (SSSR count). The maximum Gasteiger partial charge on any atom is 0.232 e. The first kappa shape index (κ1) is 15.7. The number of anilines is 1. The quantitative estimate of drug-likeness (QED) is 0.710. The molecule has 0 unspecified atom stereocenters. The minimum atomic E-state index is 0.530. The van der Waals surface area contributed by atoms with E-state index in [1.54, 1.807) is 19.5 Å². The van der Waals surface area contributed by atoms with Gasteiger partial charge in [0.2, 0.25) is 11.8 Å². The lowest BCUT2D eigenvalue weighted by molar-refractivity contribution is 0.394. The molecule has 0 aromatic carbocycles. The summed E-state index contributed by atoms with van der Waals surface area (Å²) in [5.74, 6) is 1.10. The second kappa shape index (κ2) is 8.53. The van der Waals surface area contributed by atoms with Crippen LogP contribution < -0.4 is 15.4 Å². The molecule has 0 saturated carbocycles. The van der Waals surface area contributed by atoms with Gasteiger partial charge in [-0.15, -0.1) is 0 Å². The first-order valence-corrected chi connectivity index (χ1v) is 7.49. The standard InChI is InChI=1S/C14H18BrN5O/c1-21-13-12(15)10-19-14(20-13)18-7-3-6-17-9-11-4-2-5-16-8-11/h2,4-5,8,10,17H,3,6-7,9H2,1H3,(H,18,19,20). The molecular formula is C14H18BrN5O. The molecule has 0 aliphatic heterocycles. The molecule has 112 valence electrons. The topological polar surface area (TPSA) is 72.0 Å². The molecular weight excluding hydrogens is 334 g/mol. The lowest BCUT2D eigenvalue weighted by Crippen LogP contribution is -2.18. The Morgan fingerprint density at radius 2 is 2.19 bits per heavy atom. The van der Waals surface area contributed by atoms with Crippen molar-refractivity contribution in [3.05, 3.63) is 40.8 Å². The van der Waals surface area contributed by atoms with Crippen molar-refractivity contribution in [1.29, 1.82) is 0 Å². The number of methoxy groups -OCH3 is 1. The van der Waals surface area contributed by atoms with Gasteiger partial charge in [-0.2, -0.15) is 4.98 Å². The smallest absolute Gasteiger partial charge is 0.232 e. The van der Waals surface area contributed by atoms with Crippen molar-refractivity contribution in [2.75, 3.05) is 25.5 Å². The third-order valence-electron chi connectivity index (χ3n) is 2.77. The highest BCUT2D eigenvalue weighted by Crippen LogP contribution is 2.21. The predicted molar refractivity (Wildman–Crippen MR) is 85.3 cm³/mol. The van der Waals surface area contributed by atoms with Crippen molar-refractivity contribution in [1.82, 2.24) is 20.3 Å². The van der Waals surface area contributed by atoms with Crippen LogP contribution in [0.3, 0.4) is 0 Å². The Hall–Kier alpha value is -1.73. The number of pyridine rings is 1. The summed E-state index contributed by atoms with van der Waals surface area (Å²) in [5, 5.41) is 6.54. The Labute approximate surface area is 132 Å². The molecule has 0 atom stereocenters. The second-order valence-electron chi connectivity index (χ2n) is 4.37. The summed E-state index contributed by atoms with van der Waals surface area (Å²) in [5.41, 5.74) is 1.19. The molecule has 0 aliphatic carbocycles. The molecule has 0 amide bonds. The van der Waals surface area contributed by atoms with Gasteiger partial charge < -0.3 is 15.4 Å². The van der Waals surface area contributed by atoms with Crippen LogP contribution in [0.1, 0.15) is 12.0 Å². The molecule has 0 bridgehead atoms. The maximum absolute atomic E-state index is 5.12. The Morgan fingerprint density at radius 1 is 1.29 bits per heavy atom. The molecule has 2 aromatic heterocycles. The van der Waals surface area contributed by atoms with Crippen LogP contribution in [0.4, 0.5) is 5.95 Å². The van der Waals surface area contributed by atoms with Crippen LogP contribution in [0.15, 0.2) is 35.2 Å². The van der Waals surface area contributed by atoms with Gasteiger partial charge in [-0.05, 0) is 40.5 Å². The zero-order valence-corrected chi connectivity index (χ0v) is 13.4. The lowest BCUT2D eigenvalue weighted by Gasteiger charge is -2.08. The zero-order valence-electron chi connectivity index (χ0n) is 11.8. The molecule has 21 heavy (non-hydrogen) atoms. The van der Waals surface area contributed by atoms with Crippen LogP contribution >= 0.6 is 15.9 Å². The van der Waals surface area contributed by atoms with Gasteiger partial charge >= 0.3 is 0 Å². The average molecular weight is 352 g/mol.